The topological polar surface area (TPSA) is 29.3 Å². The zero-order valence-corrected chi connectivity index (χ0v) is 12.1. The zero-order valence-electron chi connectivity index (χ0n) is 10.5. The van der Waals surface area contributed by atoms with Crippen molar-refractivity contribution in [3.05, 3.63) is 22.7 Å². The third-order valence-electron chi connectivity index (χ3n) is 2.49. The first kappa shape index (κ1) is 13.4. The molecule has 3 heteroatoms. The molecule has 0 aliphatic carbocycles. The van der Waals surface area contributed by atoms with Crippen molar-refractivity contribution in [1.82, 2.24) is 0 Å². The molecule has 1 rings (SSSR count). The lowest BCUT2D eigenvalue weighted by Gasteiger charge is -2.31. The van der Waals surface area contributed by atoms with Crippen LogP contribution in [0.2, 0.25) is 0 Å². The Balaban J connectivity index is 3.05. The standard InChI is InChI=1S/C13H21BrN2/c1-9(2)8-16(10(3)4)13-7-11(14)5-6-12(13)15/h5-7,9-10H,8,15H2,1-4H3. The van der Waals surface area contributed by atoms with Crippen molar-refractivity contribution in [1.29, 1.82) is 0 Å². The Kier molecular flexibility index (Phi) is 4.66. The minimum absolute atomic E-state index is 0.457. The van der Waals surface area contributed by atoms with Crippen molar-refractivity contribution in [3.8, 4) is 0 Å². The van der Waals surface area contributed by atoms with Gasteiger partial charge in [0.1, 0.15) is 0 Å². The van der Waals surface area contributed by atoms with Gasteiger partial charge in [0, 0.05) is 17.1 Å². The van der Waals surface area contributed by atoms with Gasteiger partial charge in [-0.25, -0.2) is 0 Å². The lowest BCUT2D eigenvalue weighted by atomic mass is 10.1. The van der Waals surface area contributed by atoms with Crippen LogP contribution >= 0.6 is 15.9 Å². The Morgan fingerprint density at radius 1 is 1.25 bits per heavy atom. The number of nitrogens with zero attached hydrogens (tertiary/aromatic N) is 1. The van der Waals surface area contributed by atoms with Gasteiger partial charge in [-0.1, -0.05) is 29.8 Å². The van der Waals surface area contributed by atoms with E-state index in [-0.39, 0.29) is 0 Å². The smallest absolute Gasteiger partial charge is 0.0613 e. The summed E-state index contributed by atoms with van der Waals surface area (Å²) in [5, 5.41) is 0. The average molecular weight is 285 g/mol. The molecule has 2 nitrogen and oxygen atoms in total. The van der Waals surface area contributed by atoms with Crippen molar-refractivity contribution >= 4 is 27.3 Å². The van der Waals surface area contributed by atoms with Crippen LogP contribution in [0, 0.1) is 5.92 Å². The molecule has 0 aliphatic heterocycles. The van der Waals surface area contributed by atoms with Crippen molar-refractivity contribution in [2.24, 2.45) is 5.92 Å². The van der Waals surface area contributed by atoms with Gasteiger partial charge in [-0.2, -0.15) is 0 Å². The number of hydrogen-bond donors (Lipinski definition) is 1. The third-order valence-corrected chi connectivity index (χ3v) is 2.98. The Bertz CT molecular complexity index is 348. The molecule has 0 radical (unpaired) electrons. The van der Waals surface area contributed by atoms with Crippen LogP contribution in [0.25, 0.3) is 0 Å². The van der Waals surface area contributed by atoms with Crippen LogP contribution in [-0.4, -0.2) is 12.6 Å². The number of anilines is 2. The highest BCUT2D eigenvalue weighted by atomic mass is 79.9. The van der Waals surface area contributed by atoms with E-state index >= 15 is 0 Å². The van der Waals surface area contributed by atoms with Crippen molar-refractivity contribution in [3.63, 3.8) is 0 Å². The van der Waals surface area contributed by atoms with Gasteiger partial charge in [-0.15, -0.1) is 0 Å². The largest absolute Gasteiger partial charge is 0.397 e. The summed E-state index contributed by atoms with van der Waals surface area (Å²) in [4.78, 5) is 2.35. The van der Waals surface area contributed by atoms with Crippen molar-refractivity contribution < 1.29 is 0 Å². The fourth-order valence-corrected chi connectivity index (χ4v) is 2.10. The molecule has 0 fully saturated rings. The SMILES string of the molecule is CC(C)CN(c1cc(Br)ccc1N)C(C)C. The summed E-state index contributed by atoms with van der Waals surface area (Å²) in [6.07, 6.45) is 0. The molecule has 16 heavy (non-hydrogen) atoms. The molecule has 1 aromatic rings. The number of nitrogen functional groups attached to an aromatic ring is 1. The highest BCUT2D eigenvalue weighted by Crippen LogP contribution is 2.29. The lowest BCUT2D eigenvalue weighted by molar-refractivity contribution is 0.571. The van der Waals surface area contributed by atoms with E-state index in [1.165, 1.54) is 0 Å². The third kappa shape index (κ3) is 3.41. The van der Waals surface area contributed by atoms with Gasteiger partial charge < -0.3 is 10.6 Å². The summed E-state index contributed by atoms with van der Waals surface area (Å²) in [6.45, 7) is 9.87. The molecule has 0 atom stereocenters. The molecule has 0 amide bonds. The summed E-state index contributed by atoms with van der Waals surface area (Å²) in [7, 11) is 0. The number of hydrogen-bond acceptors (Lipinski definition) is 2. The molecule has 0 saturated heterocycles. The maximum absolute atomic E-state index is 6.04. The number of nitrogens with two attached hydrogens (primary N) is 1. The van der Waals surface area contributed by atoms with E-state index in [2.05, 4.69) is 54.6 Å². The van der Waals surface area contributed by atoms with Gasteiger partial charge in [0.15, 0.2) is 0 Å². The van der Waals surface area contributed by atoms with Crippen LogP contribution < -0.4 is 10.6 Å². The van der Waals surface area contributed by atoms with Crippen LogP contribution in [0.15, 0.2) is 22.7 Å². The summed E-state index contributed by atoms with van der Waals surface area (Å²) in [5.74, 6) is 0.626. The molecule has 0 heterocycles. The summed E-state index contributed by atoms with van der Waals surface area (Å²) < 4.78 is 1.08. The Labute approximate surface area is 107 Å². The highest BCUT2D eigenvalue weighted by Gasteiger charge is 2.14. The maximum atomic E-state index is 6.04. The predicted octanol–water partition coefficient (Wildman–Crippen LogP) is 3.90. The van der Waals surface area contributed by atoms with Gasteiger partial charge >= 0.3 is 0 Å². The Hall–Kier alpha value is -0.700. The quantitative estimate of drug-likeness (QED) is 0.850. The van der Waals surface area contributed by atoms with E-state index in [1.807, 2.05) is 12.1 Å². The van der Waals surface area contributed by atoms with Crippen LogP contribution in [-0.2, 0) is 0 Å². The molecule has 0 unspecified atom stereocenters. The average Bonchev–Trinajstić information content (AvgIpc) is 2.18. The predicted molar refractivity (Wildman–Crippen MR) is 75.9 cm³/mol. The minimum Gasteiger partial charge on any atom is -0.397 e. The van der Waals surface area contributed by atoms with Gasteiger partial charge in [0.2, 0.25) is 0 Å². The second kappa shape index (κ2) is 5.58. The Morgan fingerprint density at radius 3 is 2.38 bits per heavy atom. The summed E-state index contributed by atoms with van der Waals surface area (Å²) >= 11 is 3.50. The number of rotatable bonds is 4. The summed E-state index contributed by atoms with van der Waals surface area (Å²) in [6, 6.07) is 6.48. The van der Waals surface area contributed by atoms with Crippen molar-refractivity contribution in [2.45, 2.75) is 33.7 Å². The van der Waals surface area contributed by atoms with Crippen LogP contribution in [0.3, 0.4) is 0 Å². The summed E-state index contributed by atoms with van der Waals surface area (Å²) in [5.41, 5.74) is 8.01. The minimum atomic E-state index is 0.457. The molecule has 0 spiro atoms. The highest BCUT2D eigenvalue weighted by molar-refractivity contribution is 9.10. The normalized spacial score (nSPS) is 11.2. The first-order valence-electron chi connectivity index (χ1n) is 5.73. The Morgan fingerprint density at radius 2 is 1.88 bits per heavy atom. The number of benzene rings is 1. The molecule has 0 bridgehead atoms. The molecular formula is C13H21BrN2. The van der Waals surface area contributed by atoms with Crippen LogP contribution in [0.4, 0.5) is 11.4 Å². The van der Waals surface area contributed by atoms with E-state index in [0.717, 1.165) is 22.4 Å². The van der Waals surface area contributed by atoms with Gasteiger partial charge in [0.25, 0.3) is 0 Å². The molecule has 0 aromatic heterocycles. The van der Waals surface area contributed by atoms with E-state index in [9.17, 15) is 0 Å². The van der Waals surface area contributed by atoms with Gasteiger partial charge in [-0.05, 0) is 38.0 Å². The fraction of sp³-hybridized carbons (Fsp3) is 0.538. The molecular weight excluding hydrogens is 264 g/mol. The molecule has 2 N–H and O–H groups in total. The molecule has 90 valence electrons. The van der Waals surface area contributed by atoms with E-state index in [4.69, 9.17) is 5.73 Å². The molecule has 0 saturated carbocycles. The van der Waals surface area contributed by atoms with Crippen molar-refractivity contribution in [2.75, 3.05) is 17.2 Å². The second-order valence-electron chi connectivity index (χ2n) is 4.84. The van der Waals surface area contributed by atoms with Gasteiger partial charge in [-0.3, -0.25) is 0 Å². The monoisotopic (exact) mass is 284 g/mol. The number of halogens is 1. The second-order valence-corrected chi connectivity index (χ2v) is 5.76. The van der Waals surface area contributed by atoms with E-state index < -0.39 is 0 Å². The van der Waals surface area contributed by atoms with Crippen LogP contribution in [0.5, 0.6) is 0 Å². The van der Waals surface area contributed by atoms with E-state index in [1.54, 1.807) is 0 Å². The van der Waals surface area contributed by atoms with E-state index in [0.29, 0.717) is 12.0 Å². The molecule has 1 aromatic carbocycles. The lowest BCUT2D eigenvalue weighted by Crippen LogP contribution is -2.34. The fourth-order valence-electron chi connectivity index (χ4n) is 1.75. The van der Waals surface area contributed by atoms with Gasteiger partial charge in [0.05, 0.1) is 11.4 Å². The maximum Gasteiger partial charge on any atom is 0.0613 e. The van der Waals surface area contributed by atoms with Crippen LogP contribution in [0.1, 0.15) is 27.7 Å². The first-order chi connectivity index (χ1) is 7.41. The first-order valence-corrected chi connectivity index (χ1v) is 6.52. The zero-order chi connectivity index (χ0) is 12.3. The molecule has 0 aliphatic rings.